The van der Waals surface area contributed by atoms with E-state index in [9.17, 15) is 0 Å². The molecule has 1 unspecified atom stereocenters. The van der Waals surface area contributed by atoms with Gasteiger partial charge in [-0.05, 0) is 6.42 Å². The Morgan fingerprint density at radius 2 is 2.43 bits per heavy atom. The highest BCUT2D eigenvalue weighted by Crippen LogP contribution is 2.17. The number of nitrogens with two attached hydrogens (primary N) is 1. The highest BCUT2D eigenvalue weighted by molar-refractivity contribution is 5.28. The molecule has 1 atom stereocenters. The van der Waals surface area contributed by atoms with E-state index in [0.717, 1.165) is 19.5 Å². The molecule has 6 heteroatoms. The average Bonchev–Trinajstić information content (AvgIpc) is 2.65. The van der Waals surface area contributed by atoms with Gasteiger partial charge in [-0.1, -0.05) is 17.1 Å². The Morgan fingerprint density at radius 1 is 1.57 bits per heavy atom. The van der Waals surface area contributed by atoms with E-state index in [4.69, 9.17) is 14.9 Å². The lowest BCUT2D eigenvalue weighted by Crippen LogP contribution is -2.42. The summed E-state index contributed by atoms with van der Waals surface area (Å²) in [7, 11) is 0. The topological polar surface area (TPSA) is 77.4 Å². The molecule has 0 amide bonds. The molecule has 1 fully saturated rings. The van der Waals surface area contributed by atoms with Crippen LogP contribution < -0.4 is 10.6 Å². The van der Waals surface area contributed by atoms with Gasteiger partial charge >= 0.3 is 12.0 Å². The van der Waals surface area contributed by atoms with Crippen LogP contribution in [0.3, 0.4) is 0 Å². The van der Waals surface area contributed by atoms with E-state index < -0.39 is 0 Å². The first kappa shape index (κ1) is 9.26. The molecule has 0 aromatic carbocycles. The fourth-order valence-corrected chi connectivity index (χ4v) is 1.49. The average molecular weight is 198 g/mol. The summed E-state index contributed by atoms with van der Waals surface area (Å²) in [5.41, 5.74) is 5.35. The lowest BCUT2D eigenvalue weighted by atomic mass is 10.2. The number of hydrogen-bond donors (Lipinski definition) is 1. The molecule has 1 aliphatic rings. The molecule has 0 radical (unpaired) electrons. The maximum Gasteiger partial charge on any atom is 0.319 e. The van der Waals surface area contributed by atoms with Crippen LogP contribution in [0.4, 0.5) is 12.0 Å². The Hall–Kier alpha value is -1.30. The second-order valence-corrected chi connectivity index (χ2v) is 3.27. The first-order valence-electron chi connectivity index (χ1n) is 4.75. The number of ether oxygens (including phenoxy) is 1. The van der Waals surface area contributed by atoms with Crippen molar-refractivity contribution in [2.45, 2.75) is 19.4 Å². The first-order chi connectivity index (χ1) is 6.79. The normalized spacial score (nSPS) is 22.6. The van der Waals surface area contributed by atoms with Gasteiger partial charge in [-0.15, -0.1) is 0 Å². The van der Waals surface area contributed by atoms with Gasteiger partial charge in [0.25, 0.3) is 0 Å². The van der Waals surface area contributed by atoms with Gasteiger partial charge in [0.2, 0.25) is 0 Å². The summed E-state index contributed by atoms with van der Waals surface area (Å²) in [6, 6.07) is 0.601. The van der Waals surface area contributed by atoms with Crippen molar-refractivity contribution in [2.75, 3.05) is 30.3 Å². The summed E-state index contributed by atoms with van der Waals surface area (Å²) in [4.78, 5) is 2.00. The van der Waals surface area contributed by atoms with Gasteiger partial charge in [0.1, 0.15) is 0 Å². The molecule has 0 bridgehead atoms. The minimum atomic E-state index is 0.111. The minimum absolute atomic E-state index is 0.111. The molecule has 1 aromatic rings. The van der Waals surface area contributed by atoms with Crippen molar-refractivity contribution in [3.8, 4) is 0 Å². The maximum absolute atomic E-state index is 5.52. The Labute approximate surface area is 82.0 Å². The predicted molar refractivity (Wildman–Crippen MR) is 51.0 cm³/mol. The molecule has 2 heterocycles. The van der Waals surface area contributed by atoms with Gasteiger partial charge in [-0.3, -0.25) is 0 Å². The number of hydrogen-bond acceptors (Lipinski definition) is 6. The fourth-order valence-electron chi connectivity index (χ4n) is 1.49. The molecular weight excluding hydrogens is 184 g/mol. The molecule has 0 saturated carbocycles. The summed E-state index contributed by atoms with van der Waals surface area (Å²) in [6.07, 6.45) is 1.23. The summed E-state index contributed by atoms with van der Waals surface area (Å²) in [6.45, 7) is 4.35. The number of rotatable bonds is 2. The van der Waals surface area contributed by atoms with Crippen LogP contribution in [0.1, 0.15) is 13.3 Å². The third-order valence-electron chi connectivity index (χ3n) is 2.29. The van der Waals surface area contributed by atoms with Gasteiger partial charge in [0.15, 0.2) is 0 Å². The Morgan fingerprint density at radius 3 is 3.07 bits per heavy atom. The van der Waals surface area contributed by atoms with Crippen LogP contribution in [0.2, 0.25) is 0 Å². The Bertz CT molecular complexity index is 301. The summed E-state index contributed by atoms with van der Waals surface area (Å²) in [5, 5.41) is 7.46. The van der Waals surface area contributed by atoms with Crippen LogP contribution in [0.15, 0.2) is 4.42 Å². The lowest BCUT2D eigenvalue weighted by Gasteiger charge is -2.30. The SMILES string of the molecule is CCC1CN(c2nnc(N)o2)CCO1. The van der Waals surface area contributed by atoms with Gasteiger partial charge in [-0.25, -0.2) is 0 Å². The van der Waals surface area contributed by atoms with Gasteiger partial charge in [0.05, 0.1) is 12.7 Å². The molecule has 0 aliphatic carbocycles. The van der Waals surface area contributed by atoms with Crippen LogP contribution in [0.5, 0.6) is 0 Å². The molecule has 1 aromatic heterocycles. The van der Waals surface area contributed by atoms with Gasteiger partial charge < -0.3 is 19.8 Å². The largest absolute Gasteiger partial charge is 0.390 e. The molecule has 2 rings (SSSR count). The van der Waals surface area contributed by atoms with E-state index in [1.54, 1.807) is 0 Å². The van der Waals surface area contributed by atoms with Gasteiger partial charge in [0, 0.05) is 13.1 Å². The van der Waals surface area contributed by atoms with Crippen molar-refractivity contribution >= 4 is 12.0 Å². The molecule has 6 nitrogen and oxygen atoms in total. The van der Waals surface area contributed by atoms with E-state index in [0.29, 0.717) is 12.6 Å². The van der Waals surface area contributed by atoms with Crippen molar-refractivity contribution in [3.05, 3.63) is 0 Å². The molecule has 14 heavy (non-hydrogen) atoms. The van der Waals surface area contributed by atoms with E-state index in [-0.39, 0.29) is 12.1 Å². The Balaban J connectivity index is 2.04. The number of morpholine rings is 1. The van der Waals surface area contributed by atoms with E-state index in [1.807, 2.05) is 4.90 Å². The third kappa shape index (κ3) is 1.79. The monoisotopic (exact) mass is 198 g/mol. The third-order valence-corrected chi connectivity index (χ3v) is 2.29. The van der Waals surface area contributed by atoms with Crippen molar-refractivity contribution in [1.29, 1.82) is 0 Å². The van der Waals surface area contributed by atoms with Crippen LogP contribution in [-0.2, 0) is 4.74 Å². The zero-order valence-electron chi connectivity index (χ0n) is 8.14. The molecule has 1 saturated heterocycles. The highest BCUT2D eigenvalue weighted by Gasteiger charge is 2.22. The number of anilines is 2. The second kappa shape index (κ2) is 3.83. The van der Waals surface area contributed by atoms with E-state index in [1.165, 1.54) is 0 Å². The van der Waals surface area contributed by atoms with Crippen molar-refractivity contribution in [3.63, 3.8) is 0 Å². The highest BCUT2D eigenvalue weighted by atomic mass is 16.5. The summed E-state index contributed by atoms with van der Waals surface area (Å²) >= 11 is 0. The zero-order valence-corrected chi connectivity index (χ0v) is 8.14. The number of nitrogen functional groups attached to an aromatic ring is 1. The predicted octanol–water partition coefficient (Wildman–Crippen LogP) is 0.267. The van der Waals surface area contributed by atoms with Crippen LogP contribution >= 0.6 is 0 Å². The molecule has 0 spiro atoms. The van der Waals surface area contributed by atoms with Gasteiger partial charge in [-0.2, -0.15) is 0 Å². The zero-order chi connectivity index (χ0) is 9.97. The lowest BCUT2D eigenvalue weighted by molar-refractivity contribution is 0.0367. The summed E-state index contributed by atoms with van der Waals surface area (Å²) in [5.74, 6) is 0. The number of nitrogens with zero attached hydrogens (tertiary/aromatic N) is 3. The van der Waals surface area contributed by atoms with Crippen molar-refractivity contribution in [2.24, 2.45) is 0 Å². The molecule has 2 N–H and O–H groups in total. The van der Waals surface area contributed by atoms with Crippen molar-refractivity contribution < 1.29 is 9.15 Å². The quantitative estimate of drug-likeness (QED) is 0.734. The molecular formula is C8H14N4O2. The van der Waals surface area contributed by atoms with Crippen molar-refractivity contribution in [1.82, 2.24) is 10.2 Å². The van der Waals surface area contributed by atoms with Crippen LogP contribution in [-0.4, -0.2) is 36.0 Å². The second-order valence-electron chi connectivity index (χ2n) is 3.27. The van der Waals surface area contributed by atoms with E-state index in [2.05, 4.69) is 17.1 Å². The smallest absolute Gasteiger partial charge is 0.319 e. The fraction of sp³-hybridized carbons (Fsp3) is 0.750. The number of aromatic nitrogens is 2. The standard InChI is InChI=1S/C8H14N4O2/c1-2-6-5-12(3-4-13-6)8-11-10-7(9)14-8/h6H,2-5H2,1H3,(H2,9,10). The molecule has 78 valence electrons. The first-order valence-corrected chi connectivity index (χ1v) is 4.75. The Kier molecular flexibility index (Phi) is 2.53. The minimum Gasteiger partial charge on any atom is -0.390 e. The maximum atomic E-state index is 5.52. The summed E-state index contributed by atoms with van der Waals surface area (Å²) < 4.78 is 10.7. The van der Waals surface area contributed by atoms with Crippen LogP contribution in [0, 0.1) is 0 Å². The van der Waals surface area contributed by atoms with Crippen LogP contribution in [0.25, 0.3) is 0 Å². The molecule has 1 aliphatic heterocycles. The van der Waals surface area contributed by atoms with E-state index >= 15 is 0 Å².